The lowest BCUT2D eigenvalue weighted by Gasteiger charge is -2.30. The minimum atomic E-state index is -0.601. The number of hydrogen-bond donors (Lipinski definition) is 3. The molecule has 216 valence electrons. The van der Waals surface area contributed by atoms with E-state index in [0.717, 1.165) is 5.56 Å². The minimum absolute atomic E-state index is 0.0749. The van der Waals surface area contributed by atoms with Crippen molar-refractivity contribution >= 4 is 23.2 Å². The van der Waals surface area contributed by atoms with Crippen molar-refractivity contribution < 1.29 is 14.3 Å². The van der Waals surface area contributed by atoms with Gasteiger partial charge in [-0.3, -0.25) is 9.78 Å². The third kappa shape index (κ3) is 5.33. The second-order valence-corrected chi connectivity index (χ2v) is 10.5. The number of fused-ring (bicyclic) bond motifs is 1. The van der Waals surface area contributed by atoms with Crippen LogP contribution >= 0.6 is 0 Å². The van der Waals surface area contributed by atoms with E-state index in [9.17, 15) is 9.90 Å². The number of amides is 1. The molecule has 0 bridgehead atoms. The Labute approximate surface area is 248 Å². The van der Waals surface area contributed by atoms with Gasteiger partial charge in [-0.2, -0.15) is 0 Å². The number of anilines is 3. The number of rotatable bonds is 10. The summed E-state index contributed by atoms with van der Waals surface area (Å²) in [7, 11) is 0. The van der Waals surface area contributed by atoms with Crippen molar-refractivity contribution in [3.8, 4) is 22.9 Å². The molecule has 0 radical (unpaired) electrons. The van der Waals surface area contributed by atoms with Crippen LogP contribution in [0.5, 0.6) is 0 Å². The highest BCUT2D eigenvalue weighted by Crippen LogP contribution is 2.39. The van der Waals surface area contributed by atoms with Crippen molar-refractivity contribution in [3.63, 3.8) is 0 Å². The molecular formula is C32H30N8O3. The number of aliphatic hydroxyl groups excluding tert-OH is 1. The van der Waals surface area contributed by atoms with E-state index in [-0.39, 0.29) is 18.4 Å². The molecule has 11 heteroatoms. The van der Waals surface area contributed by atoms with Crippen molar-refractivity contribution in [1.82, 2.24) is 30.0 Å². The fraction of sp³-hybridized carbons (Fsp3) is 0.188. The van der Waals surface area contributed by atoms with Crippen LogP contribution in [-0.2, 0) is 5.54 Å². The molecule has 5 heterocycles. The molecule has 0 saturated heterocycles. The van der Waals surface area contributed by atoms with E-state index in [1.807, 2.05) is 50.2 Å². The van der Waals surface area contributed by atoms with E-state index < -0.39 is 11.6 Å². The molecule has 3 N–H and O–H groups in total. The number of pyridine rings is 3. The maximum atomic E-state index is 13.0. The Balaban J connectivity index is 1.35. The Bertz CT molecular complexity index is 1770. The van der Waals surface area contributed by atoms with Gasteiger partial charge in [0.15, 0.2) is 0 Å². The molecule has 1 aliphatic rings. The van der Waals surface area contributed by atoms with Gasteiger partial charge in [0.1, 0.15) is 11.6 Å². The van der Waals surface area contributed by atoms with Crippen molar-refractivity contribution in [2.45, 2.75) is 25.4 Å². The molecule has 0 fully saturated rings. The highest BCUT2D eigenvalue weighted by atomic mass is 16.4. The van der Waals surface area contributed by atoms with Gasteiger partial charge >= 0.3 is 0 Å². The Morgan fingerprint density at radius 2 is 1.84 bits per heavy atom. The van der Waals surface area contributed by atoms with E-state index in [1.165, 1.54) is 0 Å². The summed E-state index contributed by atoms with van der Waals surface area (Å²) >= 11 is 0. The maximum absolute atomic E-state index is 13.0. The van der Waals surface area contributed by atoms with Gasteiger partial charge in [0.25, 0.3) is 11.8 Å². The first-order chi connectivity index (χ1) is 20.9. The molecule has 0 spiro atoms. The van der Waals surface area contributed by atoms with Crippen LogP contribution in [0.25, 0.3) is 22.9 Å². The molecule has 1 aromatic carbocycles. The molecular weight excluding hydrogens is 544 g/mol. The van der Waals surface area contributed by atoms with Gasteiger partial charge in [-0.05, 0) is 43.7 Å². The predicted octanol–water partition coefficient (Wildman–Crippen LogP) is 5.35. The number of carbonyl (C=O) groups excluding carboxylic acids is 1. The van der Waals surface area contributed by atoms with Crippen LogP contribution in [0.2, 0.25) is 0 Å². The molecule has 0 saturated carbocycles. The number of carbonyl (C=O) groups is 1. The molecule has 43 heavy (non-hydrogen) atoms. The number of nitrogens with one attached hydrogen (secondary N) is 2. The Hall–Kier alpha value is -5.42. The lowest BCUT2D eigenvalue weighted by atomic mass is 9.99. The number of hydrogen-bond acceptors (Lipinski definition) is 10. The van der Waals surface area contributed by atoms with Crippen molar-refractivity contribution in [2.24, 2.45) is 0 Å². The largest absolute Gasteiger partial charge is 0.416 e. The average molecular weight is 575 g/mol. The highest BCUT2D eigenvalue weighted by Gasteiger charge is 2.43. The molecule has 0 aliphatic carbocycles. The number of benzene rings is 1. The maximum Gasteiger partial charge on any atom is 0.256 e. The fourth-order valence-corrected chi connectivity index (χ4v) is 5.13. The zero-order valence-electron chi connectivity index (χ0n) is 23.7. The van der Waals surface area contributed by atoms with E-state index in [2.05, 4.69) is 37.4 Å². The number of nitrogens with zero attached hydrogens (tertiary/aromatic N) is 6. The summed E-state index contributed by atoms with van der Waals surface area (Å²) in [6.45, 7) is 7.99. The molecule has 6 rings (SSSR count). The van der Waals surface area contributed by atoms with Crippen LogP contribution in [0.15, 0.2) is 96.3 Å². The van der Waals surface area contributed by atoms with Crippen molar-refractivity contribution in [2.75, 3.05) is 23.8 Å². The van der Waals surface area contributed by atoms with Crippen LogP contribution in [0.1, 0.15) is 41.5 Å². The lowest BCUT2D eigenvalue weighted by molar-refractivity contribution is 0.0649. The number of aromatic nitrogens is 5. The van der Waals surface area contributed by atoms with Crippen LogP contribution in [-0.4, -0.2) is 54.2 Å². The summed E-state index contributed by atoms with van der Waals surface area (Å²) in [5.41, 5.74) is 3.40. The summed E-state index contributed by atoms with van der Waals surface area (Å²) in [6, 6.07) is 18.2. The number of aliphatic hydroxyl groups is 1. The van der Waals surface area contributed by atoms with Gasteiger partial charge in [-0.1, -0.05) is 36.4 Å². The van der Waals surface area contributed by atoms with E-state index in [4.69, 9.17) is 9.40 Å². The van der Waals surface area contributed by atoms with Gasteiger partial charge in [0.2, 0.25) is 5.89 Å². The minimum Gasteiger partial charge on any atom is -0.416 e. The zero-order chi connectivity index (χ0) is 30.0. The Morgan fingerprint density at radius 1 is 1.02 bits per heavy atom. The first kappa shape index (κ1) is 27.7. The lowest BCUT2D eigenvalue weighted by Crippen LogP contribution is -2.39. The molecule has 11 nitrogen and oxygen atoms in total. The smallest absolute Gasteiger partial charge is 0.256 e. The highest BCUT2D eigenvalue weighted by molar-refractivity contribution is 5.99. The van der Waals surface area contributed by atoms with Gasteiger partial charge in [0.05, 0.1) is 46.3 Å². The summed E-state index contributed by atoms with van der Waals surface area (Å²) in [6.07, 6.45) is 6.65. The van der Waals surface area contributed by atoms with Crippen molar-refractivity contribution in [3.05, 3.63) is 109 Å². The van der Waals surface area contributed by atoms with Crippen molar-refractivity contribution in [1.29, 1.82) is 0 Å². The summed E-state index contributed by atoms with van der Waals surface area (Å²) in [5, 5.41) is 25.4. The molecule has 4 aromatic heterocycles. The van der Waals surface area contributed by atoms with Crippen LogP contribution < -0.4 is 10.6 Å². The van der Waals surface area contributed by atoms with Crippen LogP contribution in [0, 0.1) is 0 Å². The van der Waals surface area contributed by atoms with Gasteiger partial charge < -0.3 is 25.1 Å². The third-order valence-electron chi connectivity index (χ3n) is 7.38. The fourth-order valence-electron chi connectivity index (χ4n) is 5.13. The molecule has 0 unspecified atom stereocenters. The average Bonchev–Trinajstić information content (AvgIpc) is 3.59. The summed E-state index contributed by atoms with van der Waals surface area (Å²) in [5.74, 6) is 1.52. The van der Waals surface area contributed by atoms with E-state index in [0.29, 0.717) is 52.1 Å². The Kier molecular flexibility index (Phi) is 7.39. The second-order valence-electron chi connectivity index (χ2n) is 10.5. The third-order valence-corrected chi connectivity index (χ3v) is 7.38. The SMILES string of the molecule is C=CCN1C(=O)c2ccc(Nc3cc(N[C@H](CO)c4ccccc4)c(-c4nnc(-c5cccnc5)o4)cn3)nc2C1(C)C. The summed E-state index contributed by atoms with van der Waals surface area (Å²) in [4.78, 5) is 28.3. The van der Waals surface area contributed by atoms with E-state index in [1.54, 1.807) is 53.8 Å². The molecule has 5 aromatic rings. The van der Waals surface area contributed by atoms with Crippen LogP contribution in [0.3, 0.4) is 0 Å². The monoisotopic (exact) mass is 574 g/mol. The predicted molar refractivity (Wildman–Crippen MR) is 162 cm³/mol. The van der Waals surface area contributed by atoms with Gasteiger partial charge in [-0.15, -0.1) is 16.8 Å². The van der Waals surface area contributed by atoms with Gasteiger partial charge in [0, 0.05) is 31.2 Å². The second kappa shape index (κ2) is 11.5. The first-order valence-corrected chi connectivity index (χ1v) is 13.8. The topological polar surface area (TPSA) is 142 Å². The standard InChI is InChI=1S/C32H30N8O3/c1-4-15-40-31(42)22-12-13-26(37-28(22)32(40,2)3)36-27-16-24(35-25(19-41)20-9-6-5-7-10-20)23(18-34-27)30-39-38-29(43-30)21-11-8-14-33-17-21/h4-14,16-18,25,41H,1,15,19H2,2-3H3,(H2,34,35,36,37)/t25-/m1/s1. The molecule has 1 amide bonds. The normalized spacial score (nSPS) is 14.3. The quantitative estimate of drug-likeness (QED) is 0.187. The first-order valence-electron chi connectivity index (χ1n) is 13.8. The zero-order valence-corrected chi connectivity index (χ0v) is 23.7. The summed E-state index contributed by atoms with van der Waals surface area (Å²) < 4.78 is 6.01. The van der Waals surface area contributed by atoms with Gasteiger partial charge in [-0.25, -0.2) is 9.97 Å². The Morgan fingerprint density at radius 3 is 2.58 bits per heavy atom. The van der Waals surface area contributed by atoms with E-state index >= 15 is 0 Å². The van der Waals surface area contributed by atoms with Crippen LogP contribution in [0.4, 0.5) is 17.3 Å². The molecule has 1 atom stereocenters. The molecule has 1 aliphatic heterocycles.